The van der Waals surface area contributed by atoms with Crippen LogP contribution in [0.3, 0.4) is 0 Å². The van der Waals surface area contributed by atoms with Crippen molar-refractivity contribution >= 4 is 27.5 Å². The SMILES string of the molecule is Brc1nsc(-c2ccnnc2)n1. The smallest absolute Gasteiger partial charge is 0.209 e. The fraction of sp³-hybridized carbons (Fsp3) is 0. The van der Waals surface area contributed by atoms with E-state index in [0.717, 1.165) is 10.6 Å². The van der Waals surface area contributed by atoms with Gasteiger partial charge in [-0.15, -0.1) is 0 Å². The normalized spacial score (nSPS) is 10.1. The van der Waals surface area contributed by atoms with Crippen LogP contribution in [0.2, 0.25) is 0 Å². The van der Waals surface area contributed by atoms with Crippen LogP contribution in [-0.4, -0.2) is 19.6 Å². The van der Waals surface area contributed by atoms with Crippen molar-refractivity contribution in [1.29, 1.82) is 0 Å². The van der Waals surface area contributed by atoms with Gasteiger partial charge in [-0.3, -0.25) is 0 Å². The largest absolute Gasteiger partial charge is 0.209 e. The van der Waals surface area contributed by atoms with Crippen molar-refractivity contribution in [3.8, 4) is 10.6 Å². The van der Waals surface area contributed by atoms with Crippen molar-refractivity contribution in [2.45, 2.75) is 0 Å². The summed E-state index contributed by atoms with van der Waals surface area (Å²) in [6.45, 7) is 0. The van der Waals surface area contributed by atoms with Gasteiger partial charge in [-0.25, -0.2) is 4.98 Å². The van der Waals surface area contributed by atoms with Gasteiger partial charge in [0.2, 0.25) is 4.73 Å². The van der Waals surface area contributed by atoms with E-state index in [4.69, 9.17) is 0 Å². The highest BCUT2D eigenvalue weighted by molar-refractivity contribution is 9.10. The highest BCUT2D eigenvalue weighted by Crippen LogP contribution is 2.21. The summed E-state index contributed by atoms with van der Waals surface area (Å²) in [6.07, 6.45) is 3.29. The van der Waals surface area contributed by atoms with Crippen LogP contribution in [0.15, 0.2) is 23.2 Å². The summed E-state index contributed by atoms with van der Waals surface area (Å²) in [6, 6.07) is 1.85. The number of hydrogen-bond donors (Lipinski definition) is 0. The van der Waals surface area contributed by atoms with Crippen molar-refractivity contribution in [1.82, 2.24) is 19.6 Å². The Balaban J connectivity index is 2.45. The molecule has 0 saturated carbocycles. The van der Waals surface area contributed by atoms with Crippen LogP contribution < -0.4 is 0 Å². The molecule has 0 bridgehead atoms. The average Bonchev–Trinajstić information content (AvgIpc) is 2.54. The van der Waals surface area contributed by atoms with Crippen LogP contribution in [0.5, 0.6) is 0 Å². The minimum atomic E-state index is 0.610. The predicted molar refractivity (Wildman–Crippen MR) is 48.6 cm³/mol. The van der Waals surface area contributed by atoms with Crippen LogP contribution in [0.25, 0.3) is 10.6 Å². The Morgan fingerprint density at radius 1 is 1.33 bits per heavy atom. The van der Waals surface area contributed by atoms with Gasteiger partial charge in [-0.2, -0.15) is 14.6 Å². The number of aromatic nitrogens is 4. The summed E-state index contributed by atoms with van der Waals surface area (Å²) >= 11 is 4.51. The zero-order valence-electron chi connectivity index (χ0n) is 5.81. The van der Waals surface area contributed by atoms with Crippen molar-refractivity contribution in [2.75, 3.05) is 0 Å². The Hall–Kier alpha value is -0.880. The second-order valence-corrected chi connectivity index (χ2v) is 3.46. The van der Waals surface area contributed by atoms with Crippen LogP contribution in [0.1, 0.15) is 0 Å². The lowest BCUT2D eigenvalue weighted by molar-refractivity contribution is 1.03. The Bertz CT molecular complexity index is 374. The third kappa shape index (κ3) is 1.49. The van der Waals surface area contributed by atoms with Crippen molar-refractivity contribution in [3.05, 3.63) is 23.2 Å². The topological polar surface area (TPSA) is 51.6 Å². The maximum Gasteiger partial charge on any atom is 0.209 e. The lowest BCUT2D eigenvalue weighted by atomic mass is 10.3. The monoisotopic (exact) mass is 242 g/mol. The molecular formula is C6H3BrN4S. The minimum Gasteiger partial charge on any atom is -0.209 e. The van der Waals surface area contributed by atoms with Gasteiger partial charge in [0, 0.05) is 5.56 Å². The molecule has 0 amide bonds. The lowest BCUT2D eigenvalue weighted by Gasteiger charge is -1.89. The number of halogens is 1. The molecule has 6 heteroatoms. The third-order valence-corrected chi connectivity index (χ3v) is 2.59. The van der Waals surface area contributed by atoms with E-state index < -0.39 is 0 Å². The van der Waals surface area contributed by atoms with E-state index in [9.17, 15) is 0 Å². The summed E-state index contributed by atoms with van der Waals surface area (Å²) in [5.74, 6) is 0. The van der Waals surface area contributed by atoms with Gasteiger partial charge in [0.25, 0.3) is 0 Å². The summed E-state index contributed by atoms with van der Waals surface area (Å²) in [5.41, 5.74) is 0.938. The van der Waals surface area contributed by atoms with Gasteiger partial charge in [-0.1, -0.05) is 0 Å². The summed E-state index contributed by atoms with van der Waals surface area (Å²) in [7, 11) is 0. The first-order valence-electron chi connectivity index (χ1n) is 3.12. The molecule has 0 aliphatic rings. The van der Waals surface area contributed by atoms with Gasteiger partial charge in [0.05, 0.1) is 12.4 Å². The van der Waals surface area contributed by atoms with E-state index in [1.807, 2.05) is 6.07 Å². The molecule has 0 N–H and O–H groups in total. The van der Waals surface area contributed by atoms with E-state index in [1.54, 1.807) is 12.4 Å². The van der Waals surface area contributed by atoms with E-state index in [-0.39, 0.29) is 0 Å². The fourth-order valence-corrected chi connectivity index (χ4v) is 1.81. The molecular weight excluding hydrogens is 240 g/mol. The van der Waals surface area contributed by atoms with E-state index in [1.165, 1.54) is 11.5 Å². The lowest BCUT2D eigenvalue weighted by Crippen LogP contribution is -1.80. The quantitative estimate of drug-likeness (QED) is 0.765. The summed E-state index contributed by atoms with van der Waals surface area (Å²) < 4.78 is 4.60. The zero-order valence-corrected chi connectivity index (χ0v) is 8.21. The molecule has 2 heterocycles. The molecule has 0 unspecified atom stereocenters. The molecule has 4 nitrogen and oxygen atoms in total. The Morgan fingerprint density at radius 3 is 2.83 bits per heavy atom. The van der Waals surface area contributed by atoms with E-state index in [2.05, 4.69) is 35.5 Å². The molecule has 0 radical (unpaired) electrons. The standard InChI is InChI=1S/C6H3BrN4S/c7-6-10-5(12-11-6)4-1-2-8-9-3-4/h1-3H. The minimum absolute atomic E-state index is 0.610. The van der Waals surface area contributed by atoms with E-state index in [0.29, 0.717) is 4.73 Å². The maximum absolute atomic E-state index is 4.14. The van der Waals surface area contributed by atoms with Crippen molar-refractivity contribution in [2.24, 2.45) is 0 Å². The molecule has 0 aromatic carbocycles. The van der Waals surface area contributed by atoms with Gasteiger partial charge in [0.1, 0.15) is 5.01 Å². The van der Waals surface area contributed by atoms with Crippen molar-refractivity contribution in [3.63, 3.8) is 0 Å². The zero-order chi connectivity index (χ0) is 8.39. The maximum atomic E-state index is 4.14. The summed E-state index contributed by atoms with van der Waals surface area (Å²) in [4.78, 5) is 4.14. The average molecular weight is 243 g/mol. The molecule has 12 heavy (non-hydrogen) atoms. The number of rotatable bonds is 1. The molecule has 0 aliphatic heterocycles. The molecule has 0 fully saturated rings. The van der Waals surface area contributed by atoms with Crippen LogP contribution in [0.4, 0.5) is 0 Å². The predicted octanol–water partition coefficient (Wildman–Crippen LogP) is 1.76. The molecule has 0 spiro atoms. The number of hydrogen-bond acceptors (Lipinski definition) is 5. The van der Waals surface area contributed by atoms with Gasteiger partial charge in [-0.05, 0) is 33.5 Å². The first kappa shape index (κ1) is 7.75. The van der Waals surface area contributed by atoms with Crippen LogP contribution in [-0.2, 0) is 0 Å². The number of nitrogens with zero attached hydrogens (tertiary/aromatic N) is 4. The highest BCUT2D eigenvalue weighted by atomic mass is 79.9. The van der Waals surface area contributed by atoms with Gasteiger partial charge in [0.15, 0.2) is 0 Å². The Morgan fingerprint density at radius 2 is 2.25 bits per heavy atom. The molecule has 2 aromatic rings. The van der Waals surface area contributed by atoms with Crippen molar-refractivity contribution < 1.29 is 0 Å². The Labute approximate surface area is 81.0 Å². The second-order valence-electron chi connectivity index (χ2n) is 2.00. The Kier molecular flexibility index (Phi) is 2.09. The second kappa shape index (κ2) is 3.24. The van der Waals surface area contributed by atoms with Crippen LogP contribution >= 0.6 is 27.5 Å². The fourth-order valence-electron chi connectivity index (χ4n) is 0.740. The third-order valence-electron chi connectivity index (χ3n) is 1.23. The molecule has 0 saturated heterocycles. The first-order chi connectivity index (χ1) is 5.86. The molecule has 0 aliphatic carbocycles. The van der Waals surface area contributed by atoms with Crippen LogP contribution in [0, 0.1) is 0 Å². The molecule has 60 valence electrons. The summed E-state index contributed by atoms with van der Waals surface area (Å²) in [5, 5.41) is 8.26. The molecule has 0 atom stereocenters. The first-order valence-corrected chi connectivity index (χ1v) is 4.69. The molecule has 2 aromatic heterocycles. The van der Waals surface area contributed by atoms with Gasteiger partial charge < -0.3 is 0 Å². The molecule has 2 rings (SSSR count). The van der Waals surface area contributed by atoms with Gasteiger partial charge >= 0.3 is 0 Å². The highest BCUT2D eigenvalue weighted by Gasteiger charge is 2.03. The van der Waals surface area contributed by atoms with E-state index >= 15 is 0 Å².